The molecule has 0 unspecified atom stereocenters. The first-order valence-corrected chi connectivity index (χ1v) is 5.73. The molecule has 0 atom stereocenters. The van der Waals surface area contributed by atoms with E-state index in [1.54, 1.807) is 0 Å². The number of alkyl halides is 1. The Bertz CT molecular complexity index is 381. The molecule has 17 heavy (non-hydrogen) atoms. The van der Waals surface area contributed by atoms with Gasteiger partial charge in [0.05, 0.1) is 0 Å². The highest BCUT2D eigenvalue weighted by Gasteiger charge is 2.18. The molecule has 0 aliphatic carbocycles. The average molecular weight is 256 g/mol. The maximum Gasteiger partial charge on any atom is 0.416 e. The Morgan fingerprint density at radius 1 is 1.29 bits per heavy atom. The number of imide groups is 1. The van der Waals surface area contributed by atoms with Crippen molar-refractivity contribution in [1.82, 2.24) is 4.90 Å². The van der Waals surface area contributed by atoms with E-state index in [1.807, 2.05) is 30.3 Å². The number of hydrogen-bond donors (Lipinski definition) is 0. The van der Waals surface area contributed by atoms with Crippen molar-refractivity contribution in [3.8, 4) is 0 Å². The molecule has 0 aliphatic heterocycles. The maximum absolute atomic E-state index is 11.6. The highest BCUT2D eigenvalue weighted by atomic mass is 35.5. The zero-order valence-corrected chi connectivity index (χ0v) is 10.3. The quantitative estimate of drug-likeness (QED) is 0.777. The van der Waals surface area contributed by atoms with E-state index >= 15 is 0 Å². The van der Waals surface area contributed by atoms with Gasteiger partial charge in [0.2, 0.25) is 5.91 Å². The number of carbonyl (C=O) groups is 2. The lowest BCUT2D eigenvalue weighted by atomic mass is 10.2. The molecule has 0 saturated heterocycles. The van der Waals surface area contributed by atoms with Crippen molar-refractivity contribution < 1.29 is 14.3 Å². The summed E-state index contributed by atoms with van der Waals surface area (Å²) < 4.78 is 5.01. The van der Waals surface area contributed by atoms with Crippen molar-refractivity contribution in [2.24, 2.45) is 0 Å². The fourth-order valence-corrected chi connectivity index (χ4v) is 1.43. The van der Waals surface area contributed by atoms with Gasteiger partial charge >= 0.3 is 6.09 Å². The van der Waals surface area contributed by atoms with E-state index in [1.165, 1.54) is 6.92 Å². The van der Waals surface area contributed by atoms with Gasteiger partial charge in [-0.3, -0.25) is 4.79 Å². The minimum atomic E-state index is -0.665. The van der Waals surface area contributed by atoms with E-state index in [9.17, 15) is 9.59 Å². The molecule has 0 aliphatic rings. The fourth-order valence-electron chi connectivity index (χ4n) is 1.26. The molecule has 1 aromatic carbocycles. The zero-order chi connectivity index (χ0) is 12.7. The van der Waals surface area contributed by atoms with Gasteiger partial charge in [-0.05, 0) is 5.56 Å². The van der Waals surface area contributed by atoms with Crippen LogP contribution in [-0.2, 0) is 16.1 Å². The Kier molecular flexibility index (Phi) is 5.49. The lowest BCUT2D eigenvalue weighted by Gasteiger charge is -2.17. The van der Waals surface area contributed by atoms with Gasteiger partial charge in [-0.1, -0.05) is 30.3 Å². The molecule has 1 aromatic rings. The lowest BCUT2D eigenvalue weighted by Crippen LogP contribution is -2.37. The summed E-state index contributed by atoms with van der Waals surface area (Å²) in [5.74, 6) is -0.177. The normalized spacial score (nSPS) is 9.76. The average Bonchev–Trinajstić information content (AvgIpc) is 2.34. The number of amides is 2. The molecule has 4 nitrogen and oxygen atoms in total. The summed E-state index contributed by atoms with van der Waals surface area (Å²) in [6.07, 6.45) is -0.665. The molecular weight excluding hydrogens is 242 g/mol. The van der Waals surface area contributed by atoms with Crippen molar-refractivity contribution in [2.75, 3.05) is 12.4 Å². The molecule has 0 fully saturated rings. The maximum atomic E-state index is 11.6. The van der Waals surface area contributed by atoms with E-state index in [4.69, 9.17) is 16.3 Å². The minimum Gasteiger partial charge on any atom is -0.444 e. The zero-order valence-electron chi connectivity index (χ0n) is 9.56. The standard InChI is InChI=1S/C12H14ClNO3/c1-10(15)14(8-7-13)12(16)17-9-11-5-3-2-4-6-11/h2-6H,7-9H2,1H3. The molecule has 0 spiro atoms. The van der Waals surface area contributed by atoms with Crippen LogP contribution < -0.4 is 0 Å². The van der Waals surface area contributed by atoms with Gasteiger partial charge in [0.25, 0.3) is 0 Å². The second-order valence-corrected chi connectivity index (χ2v) is 3.78. The first-order chi connectivity index (χ1) is 8.15. The number of rotatable bonds is 4. The third kappa shape index (κ3) is 4.44. The van der Waals surface area contributed by atoms with E-state index in [2.05, 4.69) is 0 Å². The van der Waals surface area contributed by atoms with E-state index in [0.717, 1.165) is 10.5 Å². The van der Waals surface area contributed by atoms with Crippen molar-refractivity contribution >= 4 is 23.6 Å². The number of carbonyl (C=O) groups excluding carboxylic acids is 2. The fraction of sp³-hybridized carbons (Fsp3) is 0.333. The second kappa shape index (κ2) is 6.91. The summed E-state index contributed by atoms with van der Waals surface area (Å²) in [4.78, 5) is 23.7. The molecule has 92 valence electrons. The molecule has 2 amide bonds. The molecule has 0 saturated carbocycles. The van der Waals surface area contributed by atoms with Gasteiger partial charge in [-0.25, -0.2) is 9.69 Å². The van der Waals surface area contributed by atoms with Crippen molar-refractivity contribution in [3.63, 3.8) is 0 Å². The Balaban J connectivity index is 2.50. The van der Waals surface area contributed by atoms with Crippen molar-refractivity contribution in [2.45, 2.75) is 13.5 Å². The Morgan fingerprint density at radius 3 is 2.47 bits per heavy atom. The van der Waals surface area contributed by atoms with Gasteiger partial charge in [0, 0.05) is 19.3 Å². The first kappa shape index (κ1) is 13.5. The summed E-state index contributed by atoms with van der Waals surface area (Å²) in [5, 5.41) is 0. The topological polar surface area (TPSA) is 46.6 Å². The lowest BCUT2D eigenvalue weighted by molar-refractivity contribution is -0.127. The molecular formula is C12H14ClNO3. The highest BCUT2D eigenvalue weighted by molar-refractivity contribution is 6.18. The number of hydrogen-bond acceptors (Lipinski definition) is 3. The van der Waals surface area contributed by atoms with Crippen LogP contribution in [0, 0.1) is 0 Å². The van der Waals surface area contributed by atoms with Crippen LogP contribution in [0.25, 0.3) is 0 Å². The van der Waals surface area contributed by atoms with Gasteiger partial charge in [0.15, 0.2) is 0 Å². The molecule has 0 bridgehead atoms. The van der Waals surface area contributed by atoms with E-state index in [-0.39, 0.29) is 24.9 Å². The third-order valence-corrected chi connectivity index (χ3v) is 2.28. The monoisotopic (exact) mass is 255 g/mol. The predicted molar refractivity (Wildman–Crippen MR) is 64.7 cm³/mol. The number of nitrogens with zero attached hydrogens (tertiary/aromatic N) is 1. The number of benzene rings is 1. The van der Waals surface area contributed by atoms with Crippen LogP contribution in [0.1, 0.15) is 12.5 Å². The van der Waals surface area contributed by atoms with Crippen LogP contribution >= 0.6 is 11.6 Å². The van der Waals surface area contributed by atoms with Gasteiger partial charge in [-0.2, -0.15) is 0 Å². The molecule has 0 aromatic heterocycles. The summed E-state index contributed by atoms with van der Waals surface area (Å²) in [6, 6.07) is 9.26. The number of ether oxygens (including phenoxy) is 1. The van der Waals surface area contributed by atoms with Crippen LogP contribution in [0.5, 0.6) is 0 Å². The summed E-state index contributed by atoms with van der Waals surface area (Å²) in [5.41, 5.74) is 0.871. The van der Waals surface area contributed by atoms with Crippen LogP contribution in [0.15, 0.2) is 30.3 Å². The predicted octanol–water partition coefficient (Wildman–Crippen LogP) is 2.41. The van der Waals surface area contributed by atoms with Gasteiger partial charge in [-0.15, -0.1) is 11.6 Å². The van der Waals surface area contributed by atoms with Crippen molar-refractivity contribution in [3.05, 3.63) is 35.9 Å². The van der Waals surface area contributed by atoms with Gasteiger partial charge in [0.1, 0.15) is 6.61 Å². The molecule has 0 heterocycles. The minimum absolute atomic E-state index is 0.145. The Morgan fingerprint density at radius 2 is 1.94 bits per heavy atom. The second-order valence-electron chi connectivity index (χ2n) is 3.40. The molecule has 5 heteroatoms. The molecule has 0 radical (unpaired) electrons. The van der Waals surface area contributed by atoms with Gasteiger partial charge < -0.3 is 4.74 Å². The highest BCUT2D eigenvalue weighted by Crippen LogP contribution is 2.03. The smallest absolute Gasteiger partial charge is 0.416 e. The van der Waals surface area contributed by atoms with Crippen LogP contribution in [0.3, 0.4) is 0 Å². The van der Waals surface area contributed by atoms with Crippen molar-refractivity contribution in [1.29, 1.82) is 0 Å². The molecule has 1 rings (SSSR count). The summed E-state index contributed by atoms with van der Waals surface area (Å²) in [6.45, 7) is 1.60. The number of halogens is 1. The first-order valence-electron chi connectivity index (χ1n) is 5.20. The Hall–Kier alpha value is -1.55. The SMILES string of the molecule is CC(=O)N(CCCl)C(=O)OCc1ccccc1. The third-order valence-electron chi connectivity index (χ3n) is 2.11. The van der Waals surface area contributed by atoms with Crippen LogP contribution in [0.2, 0.25) is 0 Å². The summed E-state index contributed by atoms with van der Waals surface area (Å²) in [7, 11) is 0. The van der Waals surface area contributed by atoms with E-state index in [0.29, 0.717) is 0 Å². The largest absolute Gasteiger partial charge is 0.444 e. The van der Waals surface area contributed by atoms with E-state index < -0.39 is 6.09 Å². The molecule has 0 N–H and O–H groups in total. The van der Waals surface area contributed by atoms with Crippen LogP contribution in [-0.4, -0.2) is 29.3 Å². The van der Waals surface area contributed by atoms with Crippen LogP contribution in [0.4, 0.5) is 4.79 Å². The Labute approximate surface area is 105 Å². The summed E-state index contributed by atoms with van der Waals surface area (Å²) >= 11 is 5.50.